The molecule has 39 heavy (non-hydrogen) atoms. The number of halogens is 2. The Kier molecular flexibility index (Phi) is 7.45. The number of aryl methyl sites for hydroxylation is 1. The highest BCUT2D eigenvalue weighted by Crippen LogP contribution is 2.42. The van der Waals surface area contributed by atoms with Crippen LogP contribution in [0.2, 0.25) is 5.15 Å². The Morgan fingerprint density at radius 1 is 1.10 bits per heavy atom. The van der Waals surface area contributed by atoms with Crippen LogP contribution in [-0.4, -0.2) is 35.9 Å². The number of rotatable bonds is 5. The summed E-state index contributed by atoms with van der Waals surface area (Å²) in [6, 6.07) is 16.3. The van der Waals surface area contributed by atoms with Crippen molar-refractivity contribution in [3.8, 4) is 10.4 Å². The highest BCUT2D eigenvalue weighted by atomic mass is 35.5. The first-order valence-electron chi connectivity index (χ1n) is 12.2. The number of aromatic nitrogens is 1. The van der Waals surface area contributed by atoms with Gasteiger partial charge >= 0.3 is 5.97 Å². The molecule has 4 aromatic rings. The molecule has 0 fully saturated rings. The Bertz CT molecular complexity index is 1620. The van der Waals surface area contributed by atoms with E-state index in [4.69, 9.17) is 16.3 Å². The highest BCUT2D eigenvalue weighted by molar-refractivity contribution is 7.17. The third-order valence-corrected chi connectivity index (χ3v) is 7.74. The molecule has 1 N–H and O–H groups in total. The molecule has 0 saturated carbocycles. The van der Waals surface area contributed by atoms with Crippen molar-refractivity contribution in [2.45, 2.75) is 20.3 Å². The summed E-state index contributed by atoms with van der Waals surface area (Å²) >= 11 is 7.39. The molecule has 198 valence electrons. The summed E-state index contributed by atoms with van der Waals surface area (Å²) in [5.74, 6) is -2.20. The van der Waals surface area contributed by atoms with E-state index in [9.17, 15) is 14.4 Å². The number of nitrogens with zero attached hydrogens (tertiary/aromatic N) is 2. The van der Waals surface area contributed by atoms with Gasteiger partial charge in [-0.2, -0.15) is 0 Å². The lowest BCUT2D eigenvalue weighted by Gasteiger charge is -2.23. The Morgan fingerprint density at radius 3 is 2.62 bits per heavy atom. The van der Waals surface area contributed by atoms with Crippen LogP contribution in [0.3, 0.4) is 0 Å². The number of benzene rings is 2. The first-order valence-corrected chi connectivity index (χ1v) is 13.4. The fraction of sp³-hybridized carbons (Fsp3) is 0.172. The summed E-state index contributed by atoms with van der Waals surface area (Å²) in [5.41, 5.74) is 3.20. The van der Waals surface area contributed by atoms with Gasteiger partial charge in [0.25, 0.3) is 11.8 Å². The van der Waals surface area contributed by atoms with Gasteiger partial charge in [0, 0.05) is 28.4 Å². The van der Waals surface area contributed by atoms with E-state index in [1.165, 1.54) is 23.5 Å². The van der Waals surface area contributed by atoms with Gasteiger partial charge in [-0.15, -0.1) is 11.3 Å². The number of pyridine rings is 1. The molecule has 7 nitrogen and oxygen atoms in total. The molecule has 1 aliphatic heterocycles. The van der Waals surface area contributed by atoms with Crippen LogP contribution in [0.1, 0.15) is 48.6 Å². The number of ether oxygens (including phenoxy) is 1. The number of anilines is 2. The van der Waals surface area contributed by atoms with Crippen molar-refractivity contribution in [1.29, 1.82) is 0 Å². The number of nitrogens with one attached hydrogen (secondary N) is 1. The second-order valence-electron chi connectivity index (χ2n) is 8.85. The fourth-order valence-electron chi connectivity index (χ4n) is 4.41. The van der Waals surface area contributed by atoms with E-state index in [-0.39, 0.29) is 34.5 Å². The lowest BCUT2D eigenvalue weighted by molar-refractivity contribution is 0.0531. The van der Waals surface area contributed by atoms with Crippen molar-refractivity contribution in [3.63, 3.8) is 0 Å². The molecule has 0 bridgehead atoms. The van der Waals surface area contributed by atoms with Crippen molar-refractivity contribution in [2.24, 2.45) is 0 Å². The Labute approximate surface area is 233 Å². The summed E-state index contributed by atoms with van der Waals surface area (Å²) in [6.07, 6.45) is 0.479. The number of carbonyl (C=O) groups is 3. The fourth-order valence-corrected chi connectivity index (χ4v) is 5.83. The number of thiophene rings is 1. The van der Waals surface area contributed by atoms with Crippen molar-refractivity contribution in [3.05, 3.63) is 98.9 Å². The lowest BCUT2D eigenvalue weighted by Crippen LogP contribution is -2.33. The van der Waals surface area contributed by atoms with Crippen molar-refractivity contribution in [2.75, 3.05) is 23.4 Å². The topological polar surface area (TPSA) is 88.6 Å². The molecule has 1 aliphatic rings. The summed E-state index contributed by atoms with van der Waals surface area (Å²) in [6.45, 7) is 4.08. The van der Waals surface area contributed by atoms with Gasteiger partial charge in [0.05, 0.1) is 23.4 Å². The maximum atomic E-state index is 15.2. The van der Waals surface area contributed by atoms with Crippen LogP contribution in [-0.2, 0) is 11.2 Å². The molecule has 0 radical (unpaired) electrons. The van der Waals surface area contributed by atoms with Gasteiger partial charge in [0.2, 0.25) is 0 Å². The maximum absolute atomic E-state index is 15.2. The monoisotopic (exact) mass is 563 g/mol. The van der Waals surface area contributed by atoms with Crippen LogP contribution in [0.5, 0.6) is 0 Å². The van der Waals surface area contributed by atoms with Crippen molar-refractivity contribution < 1.29 is 23.5 Å². The Hall–Kier alpha value is -4.08. The molecule has 2 aromatic heterocycles. The Balaban J connectivity index is 1.41. The van der Waals surface area contributed by atoms with Gasteiger partial charge in [-0.25, -0.2) is 14.2 Å². The van der Waals surface area contributed by atoms with Crippen LogP contribution < -0.4 is 10.2 Å². The van der Waals surface area contributed by atoms with Gasteiger partial charge in [-0.05, 0) is 68.3 Å². The number of para-hydroxylation sites is 1. The van der Waals surface area contributed by atoms with Crippen LogP contribution in [0.4, 0.5) is 15.8 Å². The standard InChI is InChI=1S/C29H23ClFN3O4S/c1-3-38-29(37)24-14-17-12-13-34(23-7-5-4-6-20(23)25(17)39-24)28(36)19-11-9-18(15-22(19)31)33-27(35)21-10-8-16(2)32-26(21)30/h4-11,14-15H,3,12-13H2,1-2H3,(H,33,35). The molecule has 2 aromatic carbocycles. The number of fused-ring (bicyclic) bond motifs is 3. The van der Waals surface area contributed by atoms with Gasteiger partial charge in [-0.1, -0.05) is 29.8 Å². The zero-order valence-corrected chi connectivity index (χ0v) is 22.7. The van der Waals surface area contributed by atoms with E-state index >= 15 is 4.39 Å². The SMILES string of the molecule is CCOC(=O)c1cc2c(s1)-c1ccccc1N(C(=O)c1ccc(NC(=O)c3ccc(C)nc3Cl)cc1F)CC2. The van der Waals surface area contributed by atoms with Crippen LogP contribution >= 0.6 is 22.9 Å². The number of hydrogen-bond donors (Lipinski definition) is 1. The minimum atomic E-state index is -0.771. The summed E-state index contributed by atoms with van der Waals surface area (Å²) in [7, 11) is 0. The molecule has 0 aliphatic carbocycles. The van der Waals surface area contributed by atoms with Gasteiger partial charge in [0.15, 0.2) is 0 Å². The average molecular weight is 564 g/mol. The smallest absolute Gasteiger partial charge is 0.348 e. The predicted molar refractivity (Wildman–Crippen MR) is 149 cm³/mol. The minimum absolute atomic E-state index is 0.0440. The zero-order chi connectivity index (χ0) is 27.7. The maximum Gasteiger partial charge on any atom is 0.348 e. The third-order valence-electron chi connectivity index (χ3n) is 6.26. The molecule has 0 unspecified atom stereocenters. The molecular formula is C29H23ClFN3O4S. The second kappa shape index (κ2) is 11.0. The number of esters is 1. The number of amides is 2. The van der Waals surface area contributed by atoms with Crippen molar-refractivity contribution in [1.82, 2.24) is 4.98 Å². The van der Waals surface area contributed by atoms with Gasteiger partial charge < -0.3 is 15.0 Å². The third kappa shape index (κ3) is 5.28. The first-order chi connectivity index (χ1) is 18.8. The predicted octanol–water partition coefficient (Wildman–Crippen LogP) is 6.54. The lowest BCUT2D eigenvalue weighted by atomic mass is 10.1. The molecule has 2 amide bonds. The summed E-state index contributed by atoms with van der Waals surface area (Å²) in [4.78, 5) is 45.5. The van der Waals surface area contributed by atoms with Crippen LogP contribution in [0, 0.1) is 12.7 Å². The molecule has 0 atom stereocenters. The summed E-state index contributed by atoms with van der Waals surface area (Å²) in [5, 5.41) is 2.64. The van der Waals surface area contributed by atoms with Gasteiger partial charge in [-0.3, -0.25) is 9.59 Å². The highest BCUT2D eigenvalue weighted by Gasteiger charge is 2.29. The normalized spacial score (nSPS) is 12.3. The molecule has 0 spiro atoms. The molecule has 10 heteroatoms. The van der Waals surface area contributed by atoms with E-state index in [1.807, 2.05) is 18.2 Å². The molecule has 0 saturated heterocycles. The second-order valence-corrected chi connectivity index (χ2v) is 10.3. The van der Waals surface area contributed by atoms with E-state index in [0.29, 0.717) is 29.2 Å². The van der Waals surface area contributed by atoms with Crippen LogP contribution in [0.15, 0.2) is 60.7 Å². The first kappa shape index (κ1) is 26.5. The number of hydrogen-bond acceptors (Lipinski definition) is 6. The summed E-state index contributed by atoms with van der Waals surface area (Å²) < 4.78 is 20.4. The molecule has 5 rings (SSSR count). The van der Waals surface area contributed by atoms with E-state index in [2.05, 4.69) is 10.3 Å². The molecule has 3 heterocycles. The Morgan fingerprint density at radius 2 is 1.87 bits per heavy atom. The van der Waals surface area contributed by atoms with E-state index in [0.717, 1.165) is 22.1 Å². The van der Waals surface area contributed by atoms with Crippen LogP contribution in [0.25, 0.3) is 10.4 Å². The number of carbonyl (C=O) groups excluding carboxylic acids is 3. The van der Waals surface area contributed by atoms with Gasteiger partial charge in [0.1, 0.15) is 15.8 Å². The quantitative estimate of drug-likeness (QED) is 0.220. The molecular weight excluding hydrogens is 541 g/mol. The average Bonchev–Trinajstić information content (AvgIpc) is 3.27. The zero-order valence-electron chi connectivity index (χ0n) is 21.1. The van der Waals surface area contributed by atoms with Crippen molar-refractivity contribution >= 4 is 52.1 Å². The van der Waals surface area contributed by atoms with E-state index < -0.39 is 17.6 Å². The minimum Gasteiger partial charge on any atom is -0.462 e. The van der Waals surface area contributed by atoms with E-state index in [1.54, 1.807) is 43.0 Å². The largest absolute Gasteiger partial charge is 0.462 e.